The standard InChI is InChI=1S/C22H24N2O2S/c1-13(2)15-8-10-16(11-9-15)18(25)12-24-14(3)23-21-20(22(24)26)17-6-4-5-7-19(17)27-21/h8-11,13H,4-7,12H2,1-3H3. The first-order valence-electron chi connectivity index (χ1n) is 9.60. The molecule has 1 aliphatic rings. The molecule has 140 valence electrons. The number of thiophene rings is 1. The Morgan fingerprint density at radius 2 is 1.89 bits per heavy atom. The highest BCUT2D eigenvalue weighted by atomic mass is 32.1. The maximum absolute atomic E-state index is 13.2. The molecule has 2 heterocycles. The lowest BCUT2D eigenvalue weighted by atomic mass is 9.97. The number of hydrogen-bond donors (Lipinski definition) is 0. The van der Waals surface area contributed by atoms with E-state index >= 15 is 0 Å². The summed E-state index contributed by atoms with van der Waals surface area (Å²) in [4.78, 5) is 32.7. The minimum atomic E-state index is -0.0657. The molecular formula is C22H24N2O2S. The first kappa shape index (κ1) is 18.1. The Balaban J connectivity index is 1.71. The lowest BCUT2D eigenvalue weighted by Crippen LogP contribution is -2.27. The van der Waals surface area contributed by atoms with Gasteiger partial charge in [-0.05, 0) is 49.7 Å². The van der Waals surface area contributed by atoms with E-state index in [1.165, 1.54) is 22.4 Å². The molecule has 1 aliphatic carbocycles. The topological polar surface area (TPSA) is 52.0 Å². The molecule has 4 nitrogen and oxygen atoms in total. The van der Waals surface area contributed by atoms with Crippen molar-refractivity contribution in [3.8, 4) is 0 Å². The molecular weight excluding hydrogens is 356 g/mol. The van der Waals surface area contributed by atoms with Gasteiger partial charge in [-0.1, -0.05) is 38.1 Å². The molecule has 5 heteroatoms. The summed E-state index contributed by atoms with van der Waals surface area (Å²) in [5, 5.41) is 0.739. The number of carbonyl (C=O) groups excluding carboxylic acids is 1. The molecule has 0 bridgehead atoms. The minimum absolute atomic E-state index is 0.0409. The van der Waals surface area contributed by atoms with Crippen LogP contribution >= 0.6 is 11.3 Å². The summed E-state index contributed by atoms with van der Waals surface area (Å²) in [6, 6.07) is 7.70. The van der Waals surface area contributed by atoms with Crippen LogP contribution in [0.1, 0.15) is 64.8 Å². The van der Waals surface area contributed by atoms with Crippen LogP contribution in [-0.2, 0) is 19.4 Å². The first-order chi connectivity index (χ1) is 13.0. The fourth-order valence-electron chi connectivity index (χ4n) is 3.82. The van der Waals surface area contributed by atoms with Crippen LogP contribution in [0.4, 0.5) is 0 Å². The third-order valence-corrected chi connectivity index (χ3v) is 6.65. The predicted octanol–water partition coefficient (Wildman–Crippen LogP) is 4.65. The maximum atomic E-state index is 13.2. The number of hydrogen-bond acceptors (Lipinski definition) is 4. The monoisotopic (exact) mass is 380 g/mol. The van der Waals surface area contributed by atoms with Gasteiger partial charge in [0.2, 0.25) is 0 Å². The Kier molecular flexibility index (Phi) is 4.72. The smallest absolute Gasteiger partial charge is 0.262 e. The van der Waals surface area contributed by atoms with Gasteiger partial charge in [0.25, 0.3) is 5.56 Å². The molecule has 0 fully saturated rings. The van der Waals surface area contributed by atoms with Gasteiger partial charge in [0.1, 0.15) is 10.7 Å². The lowest BCUT2D eigenvalue weighted by molar-refractivity contribution is 0.0969. The SMILES string of the molecule is Cc1nc2sc3c(c2c(=O)n1CC(=O)c1ccc(C(C)C)cc1)CCCC3. The zero-order valence-electron chi connectivity index (χ0n) is 16.0. The van der Waals surface area contributed by atoms with Crippen molar-refractivity contribution in [2.45, 2.75) is 58.9 Å². The maximum Gasteiger partial charge on any atom is 0.262 e. The van der Waals surface area contributed by atoms with Gasteiger partial charge in [0.05, 0.1) is 11.9 Å². The second kappa shape index (κ2) is 7.04. The number of rotatable bonds is 4. The van der Waals surface area contributed by atoms with Gasteiger partial charge in [-0.3, -0.25) is 14.2 Å². The van der Waals surface area contributed by atoms with E-state index in [9.17, 15) is 9.59 Å². The molecule has 0 spiro atoms. The van der Waals surface area contributed by atoms with Crippen molar-refractivity contribution in [3.63, 3.8) is 0 Å². The van der Waals surface area contributed by atoms with Gasteiger partial charge < -0.3 is 0 Å². The van der Waals surface area contributed by atoms with E-state index < -0.39 is 0 Å². The third-order valence-electron chi connectivity index (χ3n) is 5.47. The second-order valence-electron chi connectivity index (χ2n) is 7.64. The molecule has 4 rings (SSSR count). The second-order valence-corrected chi connectivity index (χ2v) is 8.72. The van der Waals surface area contributed by atoms with Crippen molar-refractivity contribution in [2.75, 3.05) is 0 Å². The Morgan fingerprint density at radius 1 is 1.19 bits per heavy atom. The quantitative estimate of drug-likeness (QED) is 0.619. The number of carbonyl (C=O) groups is 1. The number of benzene rings is 1. The van der Waals surface area contributed by atoms with Gasteiger partial charge in [-0.15, -0.1) is 11.3 Å². The van der Waals surface area contributed by atoms with E-state index in [0.717, 1.165) is 29.5 Å². The van der Waals surface area contributed by atoms with Crippen LogP contribution in [0.25, 0.3) is 10.2 Å². The fraction of sp³-hybridized carbons (Fsp3) is 0.409. The van der Waals surface area contributed by atoms with Crippen LogP contribution in [0.2, 0.25) is 0 Å². The molecule has 0 N–H and O–H groups in total. The van der Waals surface area contributed by atoms with Crippen LogP contribution in [0.15, 0.2) is 29.1 Å². The van der Waals surface area contributed by atoms with E-state index in [2.05, 4.69) is 18.8 Å². The van der Waals surface area contributed by atoms with E-state index in [1.54, 1.807) is 15.9 Å². The lowest BCUT2D eigenvalue weighted by Gasteiger charge is -2.12. The van der Waals surface area contributed by atoms with Crippen LogP contribution < -0.4 is 5.56 Å². The molecule has 0 aliphatic heterocycles. The van der Waals surface area contributed by atoms with Gasteiger partial charge >= 0.3 is 0 Å². The highest BCUT2D eigenvalue weighted by Crippen LogP contribution is 2.33. The largest absolute Gasteiger partial charge is 0.292 e. The summed E-state index contributed by atoms with van der Waals surface area (Å²) < 4.78 is 1.54. The summed E-state index contributed by atoms with van der Waals surface area (Å²) in [6.45, 7) is 6.11. The van der Waals surface area contributed by atoms with Crippen molar-refractivity contribution < 1.29 is 4.79 Å². The predicted molar refractivity (Wildman–Crippen MR) is 110 cm³/mol. The van der Waals surface area contributed by atoms with Crippen molar-refractivity contribution in [2.24, 2.45) is 0 Å². The average Bonchev–Trinajstić information content (AvgIpc) is 3.03. The normalized spacial score (nSPS) is 13.9. The third kappa shape index (κ3) is 3.25. The summed E-state index contributed by atoms with van der Waals surface area (Å²) in [5.74, 6) is 0.981. The van der Waals surface area contributed by atoms with Gasteiger partial charge in [-0.25, -0.2) is 4.98 Å². The molecule has 0 unspecified atom stereocenters. The Labute approximate surface area is 162 Å². The summed E-state index contributed by atoms with van der Waals surface area (Å²) in [6.07, 6.45) is 4.28. The molecule has 0 saturated carbocycles. The van der Waals surface area contributed by atoms with Crippen molar-refractivity contribution in [1.82, 2.24) is 9.55 Å². The van der Waals surface area contributed by atoms with E-state index in [0.29, 0.717) is 17.3 Å². The fourth-order valence-corrected chi connectivity index (χ4v) is 5.11. The van der Waals surface area contributed by atoms with Gasteiger partial charge in [0, 0.05) is 10.4 Å². The molecule has 0 amide bonds. The van der Waals surface area contributed by atoms with Crippen molar-refractivity contribution in [3.05, 3.63) is 62.0 Å². The van der Waals surface area contributed by atoms with Gasteiger partial charge in [0.15, 0.2) is 5.78 Å². The van der Waals surface area contributed by atoms with Crippen LogP contribution in [0.3, 0.4) is 0 Å². The summed E-state index contributed by atoms with van der Waals surface area (Å²) >= 11 is 1.65. The Hall–Kier alpha value is -2.27. The molecule has 2 aromatic heterocycles. The number of aromatic nitrogens is 2. The molecule has 0 atom stereocenters. The highest BCUT2D eigenvalue weighted by Gasteiger charge is 2.22. The zero-order valence-corrected chi connectivity index (χ0v) is 16.9. The average molecular weight is 381 g/mol. The summed E-state index contributed by atoms with van der Waals surface area (Å²) in [7, 11) is 0. The highest BCUT2D eigenvalue weighted by molar-refractivity contribution is 7.18. The van der Waals surface area contributed by atoms with Crippen LogP contribution in [0, 0.1) is 6.92 Å². The molecule has 1 aromatic carbocycles. The molecule has 0 saturated heterocycles. The zero-order chi connectivity index (χ0) is 19.1. The molecule has 0 radical (unpaired) electrons. The Morgan fingerprint density at radius 3 is 2.59 bits per heavy atom. The van der Waals surface area contributed by atoms with Crippen LogP contribution in [-0.4, -0.2) is 15.3 Å². The van der Waals surface area contributed by atoms with E-state index in [-0.39, 0.29) is 17.9 Å². The molecule has 3 aromatic rings. The van der Waals surface area contributed by atoms with Gasteiger partial charge in [-0.2, -0.15) is 0 Å². The van der Waals surface area contributed by atoms with E-state index in [1.807, 2.05) is 31.2 Å². The number of Topliss-reactive ketones (excluding diaryl/α,β-unsaturated/α-hetero) is 1. The number of aryl methyl sites for hydroxylation is 3. The Bertz CT molecular complexity index is 1070. The van der Waals surface area contributed by atoms with E-state index in [4.69, 9.17) is 0 Å². The first-order valence-corrected chi connectivity index (χ1v) is 10.4. The molecule has 27 heavy (non-hydrogen) atoms. The number of fused-ring (bicyclic) bond motifs is 3. The minimum Gasteiger partial charge on any atom is -0.292 e. The number of nitrogens with zero attached hydrogens (tertiary/aromatic N) is 2. The van der Waals surface area contributed by atoms with Crippen molar-refractivity contribution in [1.29, 1.82) is 0 Å². The van der Waals surface area contributed by atoms with Crippen molar-refractivity contribution >= 4 is 27.3 Å². The number of ketones is 1. The van der Waals surface area contributed by atoms with Crippen LogP contribution in [0.5, 0.6) is 0 Å². The summed E-state index contributed by atoms with van der Waals surface area (Å²) in [5.41, 5.74) is 2.94.